The second-order valence-corrected chi connectivity index (χ2v) is 11.0. The van der Waals surface area contributed by atoms with Crippen molar-refractivity contribution in [3.05, 3.63) is 53.0 Å². The third kappa shape index (κ3) is 5.28. The highest BCUT2D eigenvalue weighted by Crippen LogP contribution is 2.66. The van der Waals surface area contributed by atoms with Crippen molar-refractivity contribution in [3.8, 4) is 5.88 Å². The second-order valence-electron chi connectivity index (χ2n) is 9.67. The van der Waals surface area contributed by atoms with E-state index in [9.17, 15) is 31.5 Å². The first-order valence-corrected chi connectivity index (χ1v) is 12.3. The summed E-state index contributed by atoms with van der Waals surface area (Å²) in [6.07, 6.45) is -2.35. The number of nitrogens with zero attached hydrogens (tertiary/aromatic N) is 4. The van der Waals surface area contributed by atoms with E-state index in [0.29, 0.717) is 6.42 Å². The van der Waals surface area contributed by atoms with E-state index in [1.54, 1.807) is 21.0 Å². The highest BCUT2D eigenvalue weighted by molar-refractivity contribution is 8.15. The van der Waals surface area contributed by atoms with E-state index in [1.165, 1.54) is 11.0 Å². The van der Waals surface area contributed by atoms with Crippen LogP contribution in [0.2, 0.25) is 0 Å². The maximum absolute atomic E-state index is 15.1. The van der Waals surface area contributed by atoms with Gasteiger partial charge in [-0.1, -0.05) is 11.8 Å². The number of thioether (sulfide) groups is 1. The Morgan fingerprint density at radius 1 is 1.23 bits per heavy atom. The molecule has 1 amide bonds. The first kappa shape index (κ1) is 28.6. The van der Waals surface area contributed by atoms with Crippen LogP contribution < -0.4 is 10.5 Å². The average Bonchev–Trinajstić information content (AvgIpc) is 3.61. The van der Waals surface area contributed by atoms with E-state index in [4.69, 9.17) is 5.73 Å². The van der Waals surface area contributed by atoms with Gasteiger partial charge in [-0.2, -0.15) is 8.78 Å². The third-order valence-electron chi connectivity index (χ3n) is 6.63. The Morgan fingerprint density at radius 2 is 1.92 bits per heavy atom. The lowest BCUT2D eigenvalue weighted by molar-refractivity contribution is -0.148. The molecule has 2 aromatic rings. The number of halogens is 6. The molecule has 8 nitrogen and oxygen atoms in total. The predicted molar refractivity (Wildman–Crippen MR) is 129 cm³/mol. The summed E-state index contributed by atoms with van der Waals surface area (Å²) in [7, 11) is 3.16. The molecule has 4 rings (SSSR count). The number of nitrogens with two attached hydrogens (primary N) is 1. The molecule has 0 unspecified atom stereocenters. The molecule has 3 atom stereocenters. The maximum Gasteiger partial charge on any atom is 0.340 e. The number of hydrogen-bond acceptors (Lipinski definition) is 8. The SMILES string of the molecule is CN(C)C(=O)[C@]12C[C@H]1[C@@](C)(c1cc(CC(=O)c3cnc(OCC(F)(F)C(F)F)cn3)cc(F)c1F)N=C(N)S2. The summed E-state index contributed by atoms with van der Waals surface area (Å²) in [6, 6.07) is 2.12. The summed E-state index contributed by atoms with van der Waals surface area (Å²) >= 11 is 1.09. The lowest BCUT2D eigenvalue weighted by atomic mass is 9.84. The van der Waals surface area contributed by atoms with Gasteiger partial charge in [0.2, 0.25) is 11.8 Å². The largest absolute Gasteiger partial charge is 0.470 e. The van der Waals surface area contributed by atoms with Crippen molar-refractivity contribution in [1.82, 2.24) is 14.9 Å². The normalized spacial score (nSPS) is 24.2. The molecular formula is C24H23F6N5O3S. The van der Waals surface area contributed by atoms with Crippen molar-refractivity contribution >= 4 is 28.6 Å². The standard InChI is InChI=1S/C24H23F6N5O3S/c1-22(16-7-23(16,20(37)35(2)3)39-21(31)34-22)12-4-11(5-13(25)18(12)26)6-15(36)14-8-33-17(9-32-14)38-10-24(29,30)19(27)28/h4-5,8-9,16,19H,6-7,10H2,1-3H3,(H2,31,34)/t16-,22+,23-/m0/s1. The summed E-state index contributed by atoms with van der Waals surface area (Å²) in [4.78, 5) is 38.8. The Hall–Kier alpha value is -3.36. The van der Waals surface area contributed by atoms with Gasteiger partial charge in [-0.05, 0) is 31.0 Å². The molecule has 1 aromatic carbocycles. The predicted octanol–water partition coefficient (Wildman–Crippen LogP) is 3.58. The van der Waals surface area contributed by atoms with E-state index < -0.39 is 64.9 Å². The fraction of sp³-hybridized carbons (Fsp3) is 0.458. The van der Waals surface area contributed by atoms with Gasteiger partial charge in [-0.3, -0.25) is 14.6 Å². The van der Waals surface area contributed by atoms with Crippen molar-refractivity contribution in [1.29, 1.82) is 0 Å². The summed E-state index contributed by atoms with van der Waals surface area (Å²) in [5.41, 5.74) is 4.28. The zero-order chi connectivity index (χ0) is 28.9. The van der Waals surface area contributed by atoms with Crippen molar-refractivity contribution < 1.29 is 40.7 Å². The molecule has 0 spiro atoms. The van der Waals surface area contributed by atoms with Crippen molar-refractivity contribution in [3.63, 3.8) is 0 Å². The number of carbonyl (C=O) groups excluding carboxylic acids is 2. The number of fused-ring (bicyclic) bond motifs is 1. The van der Waals surface area contributed by atoms with E-state index in [1.807, 2.05) is 0 Å². The van der Waals surface area contributed by atoms with Gasteiger partial charge in [0, 0.05) is 32.0 Å². The number of alkyl halides is 4. The van der Waals surface area contributed by atoms with Gasteiger partial charge in [0.25, 0.3) is 0 Å². The van der Waals surface area contributed by atoms with Crippen LogP contribution in [0.25, 0.3) is 0 Å². The fourth-order valence-electron chi connectivity index (χ4n) is 4.59. The van der Waals surface area contributed by atoms with Gasteiger partial charge in [-0.25, -0.2) is 27.5 Å². The van der Waals surface area contributed by atoms with Crippen LogP contribution in [-0.2, 0) is 16.8 Å². The zero-order valence-electron chi connectivity index (χ0n) is 20.9. The van der Waals surface area contributed by atoms with Crippen LogP contribution in [0.3, 0.4) is 0 Å². The van der Waals surface area contributed by atoms with E-state index in [-0.39, 0.29) is 27.9 Å². The van der Waals surface area contributed by atoms with Crippen LogP contribution in [0.5, 0.6) is 5.88 Å². The van der Waals surface area contributed by atoms with Crippen LogP contribution in [0.15, 0.2) is 29.5 Å². The van der Waals surface area contributed by atoms with Gasteiger partial charge in [-0.15, -0.1) is 0 Å². The van der Waals surface area contributed by atoms with E-state index in [0.717, 1.165) is 30.2 Å². The number of ether oxygens (including phenoxy) is 1. The highest BCUT2D eigenvalue weighted by Gasteiger charge is 2.71. The average molecular weight is 576 g/mol. The first-order valence-electron chi connectivity index (χ1n) is 11.5. The summed E-state index contributed by atoms with van der Waals surface area (Å²) < 4.78 is 83.9. The smallest absolute Gasteiger partial charge is 0.340 e. The summed E-state index contributed by atoms with van der Waals surface area (Å²) in [5, 5.41) is 0.0478. The maximum atomic E-state index is 15.1. The molecule has 1 saturated carbocycles. The van der Waals surface area contributed by atoms with Gasteiger partial charge in [0.15, 0.2) is 29.2 Å². The minimum atomic E-state index is -4.40. The summed E-state index contributed by atoms with van der Waals surface area (Å²) in [5.74, 6) is -8.71. The molecule has 2 aliphatic rings. The first-order chi connectivity index (χ1) is 18.1. The zero-order valence-corrected chi connectivity index (χ0v) is 21.7. The van der Waals surface area contributed by atoms with Crippen molar-refractivity contribution in [2.45, 2.75) is 42.4 Å². The number of aliphatic imine (C=N–C) groups is 1. The molecule has 210 valence electrons. The molecule has 1 aliphatic heterocycles. The molecule has 0 saturated heterocycles. The Kier molecular flexibility index (Phi) is 7.34. The van der Waals surface area contributed by atoms with Crippen LogP contribution in [0.1, 0.15) is 35.0 Å². The summed E-state index contributed by atoms with van der Waals surface area (Å²) in [6.45, 7) is -0.0862. The number of rotatable bonds is 9. The number of Topliss-reactive ketones (excluding diaryl/α,β-unsaturated/α-hetero) is 1. The molecule has 0 radical (unpaired) electrons. The third-order valence-corrected chi connectivity index (χ3v) is 7.92. The Bertz CT molecular complexity index is 1340. The number of amides is 1. The monoisotopic (exact) mass is 575 g/mol. The number of aromatic nitrogens is 2. The molecule has 39 heavy (non-hydrogen) atoms. The molecule has 1 fully saturated rings. The Labute approximate surface area is 223 Å². The van der Waals surface area contributed by atoms with Crippen molar-refractivity contribution in [2.75, 3.05) is 20.7 Å². The second kappa shape index (κ2) is 9.99. The molecule has 0 bridgehead atoms. The van der Waals surface area contributed by atoms with Crippen LogP contribution >= 0.6 is 11.8 Å². The number of ketones is 1. The van der Waals surface area contributed by atoms with Gasteiger partial charge in [0.1, 0.15) is 10.4 Å². The molecular weight excluding hydrogens is 552 g/mol. The van der Waals surface area contributed by atoms with Crippen LogP contribution in [0.4, 0.5) is 26.3 Å². The van der Waals surface area contributed by atoms with Crippen LogP contribution in [-0.4, -0.2) is 69.5 Å². The van der Waals surface area contributed by atoms with E-state index >= 15 is 4.39 Å². The Morgan fingerprint density at radius 3 is 2.51 bits per heavy atom. The van der Waals surface area contributed by atoms with Crippen LogP contribution in [0, 0.1) is 17.6 Å². The lowest BCUT2D eigenvalue weighted by Gasteiger charge is -2.34. The molecule has 2 heterocycles. The van der Waals surface area contributed by atoms with Gasteiger partial charge in [0.05, 0.1) is 17.9 Å². The number of benzene rings is 1. The minimum Gasteiger partial charge on any atom is -0.470 e. The minimum absolute atomic E-state index is 0.0478. The number of hydrogen-bond donors (Lipinski definition) is 1. The highest BCUT2D eigenvalue weighted by atomic mass is 32.2. The van der Waals surface area contributed by atoms with Gasteiger partial charge >= 0.3 is 12.3 Å². The quantitative estimate of drug-likeness (QED) is 0.360. The topological polar surface area (TPSA) is 111 Å². The van der Waals surface area contributed by atoms with E-state index in [2.05, 4.69) is 19.7 Å². The number of carbonyl (C=O) groups is 2. The number of amidine groups is 1. The lowest BCUT2D eigenvalue weighted by Crippen LogP contribution is -2.43. The fourth-order valence-corrected chi connectivity index (χ4v) is 6.09. The van der Waals surface area contributed by atoms with Crippen molar-refractivity contribution in [2.24, 2.45) is 16.6 Å². The van der Waals surface area contributed by atoms with Gasteiger partial charge < -0.3 is 15.4 Å². The molecule has 15 heteroatoms. The Balaban J connectivity index is 1.56. The molecule has 1 aliphatic carbocycles. The molecule has 1 aromatic heterocycles. The molecule has 2 N–H and O–H groups in total.